The minimum Gasteiger partial charge on any atom is -0.493 e. The predicted molar refractivity (Wildman–Crippen MR) is 56.6 cm³/mol. The van der Waals surface area contributed by atoms with Crippen LogP contribution in [-0.4, -0.2) is 17.4 Å². The van der Waals surface area contributed by atoms with E-state index in [9.17, 15) is 14.9 Å². The van der Waals surface area contributed by atoms with Crippen LogP contribution in [0.4, 0.5) is 11.4 Å². The summed E-state index contributed by atoms with van der Waals surface area (Å²) in [5.74, 6) is 0.260. The highest BCUT2D eigenvalue weighted by molar-refractivity contribution is 5.91. The number of rotatable bonds is 2. The highest BCUT2D eigenvalue weighted by Gasteiger charge is 2.22. The van der Waals surface area contributed by atoms with Crippen LogP contribution in [0.15, 0.2) is 12.1 Å². The van der Waals surface area contributed by atoms with E-state index in [0.29, 0.717) is 18.8 Å². The zero-order valence-electron chi connectivity index (χ0n) is 8.65. The lowest BCUT2D eigenvalue weighted by molar-refractivity contribution is -0.384. The largest absolute Gasteiger partial charge is 0.493 e. The average Bonchev–Trinajstić information content (AvgIpc) is 2.62. The first kappa shape index (κ1) is 10.4. The van der Waals surface area contributed by atoms with Gasteiger partial charge in [0.1, 0.15) is 11.4 Å². The summed E-state index contributed by atoms with van der Waals surface area (Å²) in [5, 5.41) is 13.2. The molecule has 1 aromatic carbocycles. The van der Waals surface area contributed by atoms with Gasteiger partial charge in [0.15, 0.2) is 0 Å². The Hall–Kier alpha value is -2.11. The van der Waals surface area contributed by atoms with Crippen LogP contribution >= 0.6 is 0 Å². The molecule has 1 aliphatic heterocycles. The number of anilines is 1. The van der Waals surface area contributed by atoms with Crippen molar-refractivity contribution in [2.75, 3.05) is 11.9 Å². The second kappa shape index (κ2) is 3.80. The number of nitro benzene ring substituents is 1. The number of ether oxygens (including phenoxy) is 1. The Kier molecular flexibility index (Phi) is 2.47. The standard InChI is InChI=1S/C10H10N2O4/c1-6(13)11-8-5-10-7(2-3-16-10)4-9(8)12(14)15/h4-5H,2-3H2,1H3,(H,11,13). The Bertz CT molecular complexity index is 470. The van der Waals surface area contributed by atoms with Crippen molar-refractivity contribution in [3.05, 3.63) is 27.8 Å². The third-order valence-corrected chi connectivity index (χ3v) is 2.32. The van der Waals surface area contributed by atoms with E-state index in [2.05, 4.69) is 5.32 Å². The molecule has 1 aliphatic rings. The molecule has 1 heterocycles. The molecule has 6 heteroatoms. The van der Waals surface area contributed by atoms with E-state index in [-0.39, 0.29) is 17.3 Å². The number of nitrogens with one attached hydrogen (secondary N) is 1. The quantitative estimate of drug-likeness (QED) is 0.607. The molecule has 16 heavy (non-hydrogen) atoms. The number of carbonyl (C=O) groups excluding carboxylic acids is 1. The predicted octanol–water partition coefficient (Wildman–Crippen LogP) is 1.49. The van der Waals surface area contributed by atoms with Crippen molar-refractivity contribution in [1.82, 2.24) is 0 Å². The molecule has 0 aromatic heterocycles. The molecule has 6 nitrogen and oxygen atoms in total. The second-order valence-electron chi connectivity index (χ2n) is 3.51. The van der Waals surface area contributed by atoms with Gasteiger partial charge >= 0.3 is 0 Å². The van der Waals surface area contributed by atoms with E-state index in [4.69, 9.17) is 4.74 Å². The number of amides is 1. The van der Waals surface area contributed by atoms with Crippen LogP contribution in [0.1, 0.15) is 12.5 Å². The molecule has 0 spiro atoms. The van der Waals surface area contributed by atoms with Crippen LogP contribution in [-0.2, 0) is 11.2 Å². The third-order valence-electron chi connectivity index (χ3n) is 2.32. The van der Waals surface area contributed by atoms with Gasteiger partial charge in [0, 0.05) is 31.0 Å². The molecule has 0 radical (unpaired) electrons. The Morgan fingerprint density at radius 1 is 1.56 bits per heavy atom. The van der Waals surface area contributed by atoms with Gasteiger partial charge in [-0.15, -0.1) is 0 Å². The number of hydrogen-bond acceptors (Lipinski definition) is 4. The summed E-state index contributed by atoms with van der Waals surface area (Å²) < 4.78 is 5.28. The van der Waals surface area contributed by atoms with Crippen molar-refractivity contribution in [3.63, 3.8) is 0 Å². The van der Waals surface area contributed by atoms with Gasteiger partial charge in [0.25, 0.3) is 5.69 Å². The van der Waals surface area contributed by atoms with Gasteiger partial charge in [0.2, 0.25) is 5.91 Å². The molecule has 1 aromatic rings. The lowest BCUT2D eigenvalue weighted by Gasteiger charge is -2.06. The van der Waals surface area contributed by atoms with Gasteiger partial charge in [0.05, 0.1) is 11.5 Å². The molecule has 0 fully saturated rings. The van der Waals surface area contributed by atoms with Gasteiger partial charge in [-0.25, -0.2) is 0 Å². The molecule has 1 amide bonds. The van der Waals surface area contributed by atoms with E-state index in [1.54, 1.807) is 0 Å². The SMILES string of the molecule is CC(=O)Nc1cc2c(cc1[N+](=O)[O-])CCO2. The molecule has 0 unspecified atom stereocenters. The van der Waals surface area contributed by atoms with Crippen molar-refractivity contribution in [2.45, 2.75) is 13.3 Å². The molecule has 0 saturated heterocycles. The summed E-state index contributed by atoms with van der Waals surface area (Å²) in [4.78, 5) is 21.2. The first-order chi connectivity index (χ1) is 7.58. The number of fused-ring (bicyclic) bond motifs is 1. The van der Waals surface area contributed by atoms with Crippen LogP contribution in [0.5, 0.6) is 5.75 Å². The van der Waals surface area contributed by atoms with Crippen LogP contribution < -0.4 is 10.1 Å². The first-order valence-electron chi connectivity index (χ1n) is 4.79. The lowest BCUT2D eigenvalue weighted by Crippen LogP contribution is -2.08. The molecule has 1 N–H and O–H groups in total. The number of hydrogen-bond donors (Lipinski definition) is 1. The summed E-state index contributed by atoms with van der Waals surface area (Å²) in [5.41, 5.74) is 0.887. The van der Waals surface area contributed by atoms with E-state index in [0.717, 1.165) is 5.56 Å². The number of nitro groups is 1. The Balaban J connectivity index is 2.48. The summed E-state index contributed by atoms with van der Waals surface area (Å²) in [6.45, 7) is 1.83. The van der Waals surface area contributed by atoms with E-state index in [1.807, 2.05) is 0 Å². The zero-order chi connectivity index (χ0) is 11.7. The van der Waals surface area contributed by atoms with Gasteiger partial charge in [-0.3, -0.25) is 14.9 Å². The van der Waals surface area contributed by atoms with Crippen molar-refractivity contribution in [1.29, 1.82) is 0 Å². The second-order valence-corrected chi connectivity index (χ2v) is 3.51. The minimum atomic E-state index is -0.510. The summed E-state index contributed by atoms with van der Waals surface area (Å²) in [6.07, 6.45) is 0.663. The fraction of sp³-hybridized carbons (Fsp3) is 0.300. The molecule has 0 bridgehead atoms. The highest BCUT2D eigenvalue weighted by Crippen LogP contribution is 2.35. The topological polar surface area (TPSA) is 81.5 Å². The van der Waals surface area contributed by atoms with Gasteiger partial charge < -0.3 is 10.1 Å². The van der Waals surface area contributed by atoms with Gasteiger partial charge in [-0.2, -0.15) is 0 Å². The number of benzene rings is 1. The summed E-state index contributed by atoms with van der Waals surface area (Å²) >= 11 is 0. The van der Waals surface area contributed by atoms with Crippen molar-refractivity contribution in [2.24, 2.45) is 0 Å². The Labute approximate surface area is 91.4 Å². The lowest BCUT2D eigenvalue weighted by atomic mass is 10.1. The molecular formula is C10H10N2O4. The number of nitrogens with zero attached hydrogens (tertiary/aromatic N) is 1. The Morgan fingerprint density at radius 2 is 2.31 bits per heavy atom. The molecule has 0 aliphatic carbocycles. The zero-order valence-corrected chi connectivity index (χ0v) is 8.65. The van der Waals surface area contributed by atoms with Crippen LogP contribution in [0.3, 0.4) is 0 Å². The normalized spacial score (nSPS) is 12.8. The third kappa shape index (κ3) is 1.81. The smallest absolute Gasteiger partial charge is 0.293 e. The molecule has 2 rings (SSSR count). The van der Waals surface area contributed by atoms with E-state index >= 15 is 0 Å². The Morgan fingerprint density at radius 3 is 2.94 bits per heavy atom. The minimum absolute atomic E-state index is 0.0977. The van der Waals surface area contributed by atoms with Crippen molar-refractivity contribution < 1.29 is 14.5 Å². The fourth-order valence-electron chi connectivity index (χ4n) is 1.65. The first-order valence-corrected chi connectivity index (χ1v) is 4.79. The summed E-state index contributed by atoms with van der Waals surface area (Å²) in [7, 11) is 0. The van der Waals surface area contributed by atoms with Crippen LogP contribution in [0, 0.1) is 10.1 Å². The van der Waals surface area contributed by atoms with Crippen LogP contribution in [0.25, 0.3) is 0 Å². The molecule has 84 valence electrons. The fourth-order valence-corrected chi connectivity index (χ4v) is 1.65. The number of carbonyl (C=O) groups is 1. The highest BCUT2D eigenvalue weighted by atomic mass is 16.6. The van der Waals surface area contributed by atoms with E-state index < -0.39 is 4.92 Å². The monoisotopic (exact) mass is 222 g/mol. The maximum Gasteiger partial charge on any atom is 0.293 e. The van der Waals surface area contributed by atoms with Crippen molar-refractivity contribution in [3.8, 4) is 5.75 Å². The van der Waals surface area contributed by atoms with Crippen LogP contribution in [0.2, 0.25) is 0 Å². The average molecular weight is 222 g/mol. The summed E-state index contributed by atoms with van der Waals surface area (Å²) in [6, 6.07) is 2.95. The van der Waals surface area contributed by atoms with Gasteiger partial charge in [-0.05, 0) is 0 Å². The molecule has 0 saturated carbocycles. The maximum atomic E-state index is 10.9. The molecular weight excluding hydrogens is 212 g/mol. The van der Waals surface area contributed by atoms with Gasteiger partial charge in [-0.1, -0.05) is 0 Å². The van der Waals surface area contributed by atoms with E-state index in [1.165, 1.54) is 19.1 Å². The van der Waals surface area contributed by atoms with Crippen molar-refractivity contribution >= 4 is 17.3 Å². The maximum absolute atomic E-state index is 10.9. The molecule has 0 atom stereocenters.